The molecule has 0 aliphatic heterocycles. The first-order chi connectivity index (χ1) is 10.1. The maximum atomic E-state index is 12.0. The molecule has 112 valence electrons. The van der Waals surface area contributed by atoms with Gasteiger partial charge in [0, 0.05) is 23.2 Å². The number of nitrogens with one attached hydrogen (secondary N) is 2. The van der Waals surface area contributed by atoms with Crippen molar-refractivity contribution in [2.45, 2.75) is 26.7 Å². The maximum Gasteiger partial charge on any atom is 0.342 e. The molecule has 0 atom stereocenters. The molecule has 0 bridgehead atoms. The fraction of sp³-hybridized carbons (Fsp3) is 0.333. The third-order valence-electron chi connectivity index (χ3n) is 3.01. The predicted molar refractivity (Wildman–Crippen MR) is 82.8 cm³/mol. The van der Waals surface area contributed by atoms with Crippen molar-refractivity contribution in [2.24, 2.45) is 0 Å². The Balaban J connectivity index is 1.99. The second-order valence-corrected chi connectivity index (χ2v) is 5.58. The van der Waals surface area contributed by atoms with Gasteiger partial charge in [-0.2, -0.15) is 0 Å². The lowest BCUT2D eigenvalue weighted by Gasteiger charge is -2.07. The molecule has 0 fully saturated rings. The lowest BCUT2D eigenvalue weighted by Crippen LogP contribution is -2.15. The Morgan fingerprint density at radius 1 is 1.43 bits per heavy atom. The van der Waals surface area contributed by atoms with E-state index in [0.717, 1.165) is 0 Å². The highest BCUT2D eigenvalue weighted by Gasteiger charge is 2.19. The zero-order chi connectivity index (χ0) is 15.2. The number of rotatable bonds is 6. The molecule has 0 aromatic carbocycles. The summed E-state index contributed by atoms with van der Waals surface area (Å²) in [4.78, 5) is 28.0. The molecule has 5 nitrogen and oxygen atoms in total. The summed E-state index contributed by atoms with van der Waals surface area (Å²) < 4.78 is 5.00. The number of carbonyl (C=O) groups is 2. The minimum absolute atomic E-state index is 0.118. The van der Waals surface area contributed by atoms with Gasteiger partial charge in [0.25, 0.3) is 0 Å². The standard InChI is InChI=1S/C15H18N2O3S/c1-3-20-15(19)14-10(2)16-9-12(14)17-13(18)7-6-11-5-4-8-21-11/h4-5,8-9,16H,3,6-7H2,1-2H3,(H,17,18). The summed E-state index contributed by atoms with van der Waals surface area (Å²) in [5, 5.41) is 4.75. The Hall–Kier alpha value is -2.08. The van der Waals surface area contributed by atoms with Gasteiger partial charge in [-0.3, -0.25) is 4.79 Å². The van der Waals surface area contributed by atoms with E-state index < -0.39 is 5.97 Å². The van der Waals surface area contributed by atoms with Crippen LogP contribution in [0, 0.1) is 6.92 Å². The number of amides is 1. The summed E-state index contributed by atoms with van der Waals surface area (Å²) in [5.74, 6) is -0.544. The van der Waals surface area contributed by atoms with Gasteiger partial charge in [-0.15, -0.1) is 11.3 Å². The van der Waals surface area contributed by atoms with Gasteiger partial charge >= 0.3 is 5.97 Å². The van der Waals surface area contributed by atoms with Gasteiger partial charge in [0.15, 0.2) is 0 Å². The number of aromatic nitrogens is 1. The summed E-state index contributed by atoms with van der Waals surface area (Å²) in [7, 11) is 0. The van der Waals surface area contributed by atoms with Crippen LogP contribution in [0.3, 0.4) is 0 Å². The van der Waals surface area contributed by atoms with Crippen LogP contribution in [0.25, 0.3) is 0 Å². The van der Waals surface area contributed by atoms with Crippen molar-refractivity contribution in [3.63, 3.8) is 0 Å². The van der Waals surface area contributed by atoms with E-state index in [1.807, 2.05) is 17.5 Å². The van der Waals surface area contributed by atoms with Crippen molar-refractivity contribution in [1.29, 1.82) is 0 Å². The van der Waals surface area contributed by atoms with Gasteiger partial charge in [-0.05, 0) is 31.7 Å². The van der Waals surface area contributed by atoms with E-state index in [0.29, 0.717) is 36.4 Å². The van der Waals surface area contributed by atoms with Gasteiger partial charge in [0.05, 0.1) is 12.3 Å². The Morgan fingerprint density at radius 3 is 2.90 bits per heavy atom. The number of ether oxygens (including phenoxy) is 1. The van der Waals surface area contributed by atoms with Crippen molar-refractivity contribution in [1.82, 2.24) is 4.98 Å². The van der Waals surface area contributed by atoms with E-state index in [2.05, 4.69) is 10.3 Å². The highest BCUT2D eigenvalue weighted by atomic mass is 32.1. The lowest BCUT2D eigenvalue weighted by atomic mass is 10.2. The van der Waals surface area contributed by atoms with Crippen LogP contribution in [0.1, 0.15) is 34.3 Å². The van der Waals surface area contributed by atoms with Crippen molar-refractivity contribution < 1.29 is 14.3 Å². The molecular formula is C15H18N2O3S. The van der Waals surface area contributed by atoms with Gasteiger partial charge in [0.2, 0.25) is 5.91 Å². The summed E-state index contributed by atoms with van der Waals surface area (Å²) in [6, 6.07) is 3.97. The number of carbonyl (C=O) groups excluding carboxylic acids is 2. The largest absolute Gasteiger partial charge is 0.462 e. The number of anilines is 1. The molecule has 1 amide bonds. The quantitative estimate of drug-likeness (QED) is 0.805. The Kier molecular flexibility index (Phi) is 5.16. The highest BCUT2D eigenvalue weighted by Crippen LogP contribution is 2.21. The fourth-order valence-electron chi connectivity index (χ4n) is 2.00. The first-order valence-corrected chi connectivity index (χ1v) is 7.67. The smallest absolute Gasteiger partial charge is 0.342 e. The van der Waals surface area contributed by atoms with E-state index in [1.165, 1.54) is 4.88 Å². The van der Waals surface area contributed by atoms with Crippen LogP contribution in [0.4, 0.5) is 5.69 Å². The van der Waals surface area contributed by atoms with Crippen LogP contribution >= 0.6 is 11.3 Å². The van der Waals surface area contributed by atoms with E-state index in [1.54, 1.807) is 31.4 Å². The number of H-pyrrole nitrogens is 1. The van der Waals surface area contributed by atoms with Crippen molar-refractivity contribution >= 4 is 28.9 Å². The average Bonchev–Trinajstić information content (AvgIpc) is 3.07. The van der Waals surface area contributed by atoms with E-state index in [-0.39, 0.29) is 5.91 Å². The normalized spacial score (nSPS) is 10.4. The summed E-state index contributed by atoms with van der Waals surface area (Å²) in [5.41, 5.74) is 1.55. The molecule has 2 heterocycles. The predicted octanol–water partition coefficient (Wildman–Crippen LogP) is 3.13. The van der Waals surface area contributed by atoms with Crippen LogP contribution < -0.4 is 5.32 Å². The first kappa shape index (κ1) is 15.3. The van der Waals surface area contributed by atoms with Crippen LogP contribution in [0.15, 0.2) is 23.7 Å². The number of hydrogen-bond acceptors (Lipinski definition) is 4. The minimum atomic E-state index is -0.426. The number of hydrogen-bond donors (Lipinski definition) is 2. The molecular weight excluding hydrogens is 288 g/mol. The Morgan fingerprint density at radius 2 is 2.24 bits per heavy atom. The van der Waals surface area contributed by atoms with Crippen LogP contribution in [-0.4, -0.2) is 23.5 Å². The molecule has 2 aromatic rings. The number of thiophene rings is 1. The van der Waals surface area contributed by atoms with Gasteiger partial charge < -0.3 is 15.0 Å². The number of aryl methyl sites for hydroxylation is 2. The summed E-state index contributed by atoms with van der Waals surface area (Å²) >= 11 is 1.63. The molecule has 0 saturated carbocycles. The molecule has 0 unspecified atom stereocenters. The van der Waals surface area contributed by atoms with Crippen LogP contribution in [-0.2, 0) is 16.0 Å². The van der Waals surface area contributed by atoms with Crippen LogP contribution in [0.2, 0.25) is 0 Å². The zero-order valence-corrected chi connectivity index (χ0v) is 12.9. The van der Waals surface area contributed by atoms with Gasteiger partial charge in [0.1, 0.15) is 5.56 Å². The minimum Gasteiger partial charge on any atom is -0.462 e. The van der Waals surface area contributed by atoms with E-state index in [4.69, 9.17) is 4.74 Å². The molecule has 0 aliphatic carbocycles. The van der Waals surface area contributed by atoms with Crippen molar-refractivity contribution in [3.8, 4) is 0 Å². The SMILES string of the molecule is CCOC(=O)c1c(NC(=O)CCc2cccs2)c[nH]c1C. The molecule has 2 aromatic heterocycles. The molecule has 0 aliphatic rings. The molecule has 2 N–H and O–H groups in total. The third kappa shape index (κ3) is 3.95. The molecule has 6 heteroatoms. The lowest BCUT2D eigenvalue weighted by molar-refractivity contribution is -0.116. The number of aromatic amines is 1. The molecule has 21 heavy (non-hydrogen) atoms. The molecule has 0 radical (unpaired) electrons. The zero-order valence-electron chi connectivity index (χ0n) is 12.1. The molecule has 2 rings (SSSR count). The second kappa shape index (κ2) is 7.08. The average molecular weight is 306 g/mol. The summed E-state index contributed by atoms with van der Waals surface area (Å²) in [6.45, 7) is 3.82. The maximum absolute atomic E-state index is 12.0. The van der Waals surface area contributed by atoms with Crippen molar-refractivity contribution in [2.75, 3.05) is 11.9 Å². The van der Waals surface area contributed by atoms with Crippen LogP contribution in [0.5, 0.6) is 0 Å². The highest BCUT2D eigenvalue weighted by molar-refractivity contribution is 7.09. The van der Waals surface area contributed by atoms with Crippen molar-refractivity contribution in [3.05, 3.63) is 39.8 Å². The Labute approximate surface area is 127 Å². The topological polar surface area (TPSA) is 71.2 Å². The van der Waals surface area contributed by atoms with Gasteiger partial charge in [-0.1, -0.05) is 6.07 Å². The Bertz CT molecular complexity index is 617. The summed E-state index contributed by atoms with van der Waals surface area (Å²) in [6.07, 6.45) is 2.69. The van der Waals surface area contributed by atoms with Gasteiger partial charge in [-0.25, -0.2) is 4.79 Å². The molecule has 0 spiro atoms. The second-order valence-electron chi connectivity index (χ2n) is 4.55. The monoisotopic (exact) mass is 306 g/mol. The number of esters is 1. The fourth-order valence-corrected chi connectivity index (χ4v) is 2.70. The third-order valence-corrected chi connectivity index (χ3v) is 3.95. The first-order valence-electron chi connectivity index (χ1n) is 6.79. The van der Waals surface area contributed by atoms with E-state index >= 15 is 0 Å². The van der Waals surface area contributed by atoms with E-state index in [9.17, 15) is 9.59 Å². The molecule has 0 saturated heterocycles.